The van der Waals surface area contributed by atoms with Crippen LogP contribution in [0.1, 0.15) is 0 Å². The fourth-order valence-electron chi connectivity index (χ4n) is 0.109. The third-order valence-electron chi connectivity index (χ3n) is 0.208. The maximum Gasteiger partial charge on any atom is 0.650 e. The topological polar surface area (TPSA) is 104 Å². The van der Waals surface area contributed by atoms with E-state index in [1.165, 1.54) is 0 Å². The normalized spacial score (nSPS) is 11.4. The average Bonchev–Trinajstić information content (AvgIpc) is 1.21. The Kier molecular flexibility index (Phi) is 2.38. The van der Waals surface area contributed by atoms with Crippen LogP contribution in [-0.4, -0.2) is 30.3 Å². The zero-order valence-corrected chi connectivity index (χ0v) is 4.37. The summed E-state index contributed by atoms with van der Waals surface area (Å²) in [7, 11) is -7.22. The minimum atomic E-state index is -4.72. The van der Waals surface area contributed by atoms with Gasteiger partial charge in [0.05, 0.1) is 0 Å². The SMILES string of the molecule is O=S(=O)(O)OB(O)O. The van der Waals surface area contributed by atoms with Crippen LogP contribution in [0.15, 0.2) is 0 Å². The Bertz CT molecular complexity index is 142. The quantitative estimate of drug-likeness (QED) is 0.297. The van der Waals surface area contributed by atoms with Crippen molar-refractivity contribution in [3.05, 3.63) is 0 Å². The fourth-order valence-corrected chi connectivity index (χ4v) is 0.326. The van der Waals surface area contributed by atoms with E-state index in [4.69, 9.17) is 14.6 Å². The summed E-state index contributed by atoms with van der Waals surface area (Å²) in [5.41, 5.74) is 0. The van der Waals surface area contributed by atoms with Gasteiger partial charge in [-0.05, 0) is 0 Å². The van der Waals surface area contributed by atoms with Gasteiger partial charge in [0, 0.05) is 0 Å². The summed E-state index contributed by atoms with van der Waals surface area (Å²) in [6, 6.07) is 0. The van der Waals surface area contributed by atoms with Gasteiger partial charge in [-0.3, -0.25) is 4.55 Å². The summed E-state index contributed by atoms with van der Waals surface area (Å²) in [6.45, 7) is 0. The highest BCUT2D eigenvalue weighted by Crippen LogP contribution is 1.83. The molecule has 48 valence electrons. The van der Waals surface area contributed by atoms with E-state index in [0.717, 1.165) is 0 Å². The third kappa shape index (κ3) is 5.85. The molecule has 0 amide bonds. The molecule has 8 heteroatoms. The zero-order chi connectivity index (χ0) is 6.78. The van der Waals surface area contributed by atoms with E-state index in [0.29, 0.717) is 0 Å². The van der Waals surface area contributed by atoms with Crippen LogP contribution < -0.4 is 0 Å². The predicted molar refractivity (Wildman–Crippen MR) is 22.8 cm³/mol. The Morgan fingerprint density at radius 3 is 1.75 bits per heavy atom. The van der Waals surface area contributed by atoms with Gasteiger partial charge >= 0.3 is 17.7 Å². The minimum absolute atomic E-state index is 2.50. The highest BCUT2D eigenvalue weighted by molar-refractivity contribution is 7.81. The van der Waals surface area contributed by atoms with Gasteiger partial charge in [0.25, 0.3) is 0 Å². The van der Waals surface area contributed by atoms with Crippen molar-refractivity contribution in [2.24, 2.45) is 0 Å². The lowest BCUT2D eigenvalue weighted by Gasteiger charge is -1.92. The Hall–Kier alpha value is -0.145. The van der Waals surface area contributed by atoms with Gasteiger partial charge in [-0.2, -0.15) is 8.42 Å². The van der Waals surface area contributed by atoms with E-state index in [1.807, 2.05) is 0 Å². The van der Waals surface area contributed by atoms with Crippen LogP contribution in [-0.2, 0) is 14.5 Å². The van der Waals surface area contributed by atoms with Crippen molar-refractivity contribution in [3.63, 3.8) is 0 Å². The average molecular weight is 142 g/mol. The second-order valence-corrected chi connectivity index (χ2v) is 1.90. The maximum atomic E-state index is 9.46. The first kappa shape index (κ1) is 7.85. The van der Waals surface area contributed by atoms with Crippen molar-refractivity contribution in [1.29, 1.82) is 0 Å². The van der Waals surface area contributed by atoms with Gasteiger partial charge in [0.1, 0.15) is 0 Å². The van der Waals surface area contributed by atoms with Crippen molar-refractivity contribution < 1.29 is 27.1 Å². The molecule has 0 aromatic rings. The van der Waals surface area contributed by atoms with E-state index >= 15 is 0 Å². The summed E-state index contributed by atoms with van der Waals surface area (Å²) in [5.74, 6) is 0. The first-order valence-electron chi connectivity index (χ1n) is 1.43. The molecule has 0 aliphatic carbocycles. The van der Waals surface area contributed by atoms with E-state index in [1.54, 1.807) is 0 Å². The highest BCUT2D eigenvalue weighted by Gasteiger charge is 2.17. The van der Waals surface area contributed by atoms with Gasteiger partial charge in [0.15, 0.2) is 0 Å². The molecule has 0 heterocycles. The Morgan fingerprint density at radius 1 is 1.38 bits per heavy atom. The molecule has 0 saturated heterocycles. The molecule has 0 unspecified atom stereocenters. The molecule has 0 aromatic heterocycles. The lowest BCUT2D eigenvalue weighted by molar-refractivity contribution is 0.268. The summed E-state index contributed by atoms with van der Waals surface area (Å²) in [5, 5.41) is 15.4. The molecule has 0 radical (unpaired) electrons. The molecule has 0 bridgehead atoms. The Labute approximate surface area is 45.8 Å². The molecule has 0 aromatic carbocycles. The first-order valence-corrected chi connectivity index (χ1v) is 2.80. The maximum absolute atomic E-state index is 9.46. The summed E-state index contributed by atoms with van der Waals surface area (Å²) >= 11 is 0. The monoisotopic (exact) mass is 142 g/mol. The van der Waals surface area contributed by atoms with Gasteiger partial charge in [-0.1, -0.05) is 0 Å². The van der Waals surface area contributed by atoms with Crippen LogP contribution in [0.25, 0.3) is 0 Å². The number of rotatable bonds is 2. The number of hydrogen-bond donors (Lipinski definition) is 3. The van der Waals surface area contributed by atoms with Crippen molar-refractivity contribution in [3.8, 4) is 0 Å². The molecular weight excluding hydrogens is 139 g/mol. The van der Waals surface area contributed by atoms with Gasteiger partial charge in [0.2, 0.25) is 0 Å². The predicted octanol–water partition coefficient (Wildman–Crippen LogP) is -2.22. The van der Waals surface area contributed by atoms with Crippen LogP contribution in [0.2, 0.25) is 0 Å². The molecule has 0 spiro atoms. The smallest absolute Gasteiger partial charge is 0.401 e. The molecular formula is H3BO6S. The van der Waals surface area contributed by atoms with Crippen LogP contribution in [0, 0.1) is 0 Å². The second-order valence-electron chi connectivity index (χ2n) is 0.850. The summed E-state index contributed by atoms with van der Waals surface area (Å²) in [6.07, 6.45) is 0. The summed E-state index contributed by atoms with van der Waals surface area (Å²) < 4.78 is 29.6. The van der Waals surface area contributed by atoms with E-state index in [9.17, 15) is 8.42 Å². The van der Waals surface area contributed by atoms with Crippen molar-refractivity contribution in [2.75, 3.05) is 0 Å². The molecule has 0 aliphatic rings. The lowest BCUT2D eigenvalue weighted by Crippen LogP contribution is -2.21. The minimum Gasteiger partial charge on any atom is -0.401 e. The van der Waals surface area contributed by atoms with Crippen molar-refractivity contribution in [1.82, 2.24) is 0 Å². The Balaban J connectivity index is 3.75. The van der Waals surface area contributed by atoms with E-state index in [-0.39, 0.29) is 0 Å². The molecule has 0 saturated carbocycles. The largest absolute Gasteiger partial charge is 0.650 e. The third-order valence-corrected chi connectivity index (χ3v) is 0.623. The fraction of sp³-hybridized carbons (Fsp3) is 0. The van der Waals surface area contributed by atoms with Crippen LogP contribution in [0.4, 0.5) is 0 Å². The summed E-state index contributed by atoms with van der Waals surface area (Å²) in [4.78, 5) is 0. The van der Waals surface area contributed by atoms with E-state index in [2.05, 4.69) is 4.10 Å². The van der Waals surface area contributed by atoms with E-state index < -0.39 is 17.7 Å². The molecule has 0 aliphatic heterocycles. The zero-order valence-electron chi connectivity index (χ0n) is 3.55. The van der Waals surface area contributed by atoms with Gasteiger partial charge in [-0.25, -0.2) is 4.10 Å². The Morgan fingerprint density at radius 2 is 1.75 bits per heavy atom. The standard InChI is InChI=1S/BH3O6S/c2-1(3)7-8(4,5)6/h2-3H,(H,4,5,6). The molecule has 8 heavy (non-hydrogen) atoms. The van der Waals surface area contributed by atoms with Crippen LogP contribution >= 0.6 is 0 Å². The first-order chi connectivity index (χ1) is 3.42. The lowest BCUT2D eigenvalue weighted by atomic mass is 10.3. The highest BCUT2D eigenvalue weighted by atomic mass is 32.3. The van der Waals surface area contributed by atoms with Crippen LogP contribution in [0.3, 0.4) is 0 Å². The molecule has 6 nitrogen and oxygen atoms in total. The second kappa shape index (κ2) is 2.42. The van der Waals surface area contributed by atoms with Crippen LogP contribution in [0.5, 0.6) is 0 Å². The molecule has 0 fully saturated rings. The van der Waals surface area contributed by atoms with Crippen molar-refractivity contribution in [2.45, 2.75) is 0 Å². The molecule has 0 atom stereocenters. The molecule has 0 rings (SSSR count). The van der Waals surface area contributed by atoms with Gasteiger partial charge < -0.3 is 10.0 Å². The van der Waals surface area contributed by atoms with Crippen molar-refractivity contribution >= 4 is 17.7 Å². The molecule has 3 N–H and O–H groups in total. The van der Waals surface area contributed by atoms with Gasteiger partial charge in [-0.15, -0.1) is 0 Å². The number of hydrogen-bond acceptors (Lipinski definition) is 5.